The topological polar surface area (TPSA) is 24.1 Å². The van der Waals surface area contributed by atoms with Gasteiger partial charge < -0.3 is 10.6 Å². The molecule has 0 atom stereocenters. The first-order valence-corrected chi connectivity index (χ1v) is 14.3. The smallest absolute Gasteiger partial charge is 0.0258 e. The van der Waals surface area contributed by atoms with Crippen LogP contribution in [0.5, 0.6) is 0 Å². The fourth-order valence-electron chi connectivity index (χ4n) is 9.41. The van der Waals surface area contributed by atoms with Gasteiger partial charge in [-0.2, -0.15) is 0 Å². The molecule has 4 bridgehead atoms. The minimum absolute atomic E-state index is 0.412. The molecular weight excluding hydrogens is 388 g/mol. The number of rotatable bonds is 6. The molecule has 6 saturated carbocycles. The zero-order valence-electron chi connectivity index (χ0n) is 21.6. The molecule has 6 aliphatic rings. The van der Waals surface area contributed by atoms with Gasteiger partial charge in [-0.05, 0) is 104 Å². The molecule has 0 aromatic heterocycles. The number of hydrogen-bond acceptors (Lipinski definition) is 2. The van der Waals surface area contributed by atoms with Crippen molar-refractivity contribution < 1.29 is 0 Å². The third-order valence-electron chi connectivity index (χ3n) is 10.0. The molecule has 180 valence electrons. The van der Waals surface area contributed by atoms with E-state index in [1.54, 1.807) is 22.5 Å². The van der Waals surface area contributed by atoms with Crippen molar-refractivity contribution in [2.45, 2.75) is 143 Å². The lowest BCUT2D eigenvalue weighted by atomic mass is 9.42. The molecule has 0 aromatic rings. The Bertz CT molecular complexity index is 665. The highest BCUT2D eigenvalue weighted by Gasteiger charge is 2.60. The highest BCUT2D eigenvalue weighted by atomic mass is 15.0. The Kier molecular flexibility index (Phi) is 6.45. The van der Waals surface area contributed by atoms with Crippen LogP contribution in [0.4, 0.5) is 0 Å². The van der Waals surface area contributed by atoms with Gasteiger partial charge in [0.05, 0.1) is 0 Å². The molecule has 2 heteroatoms. The van der Waals surface area contributed by atoms with E-state index < -0.39 is 0 Å². The fraction of sp³-hybridized carbons (Fsp3) is 0.867. The standard InChI is InChI=1S/C30H50N2/c1-21(2)27(31-25-11-7-5-8-12-25)29-16-23-15-24(17-29)19-30(18-23,20-29)28(22(3)4)32-26-13-9-6-10-14-26/h23-26,31-32H,5-20H2,1-4H3. The monoisotopic (exact) mass is 438 g/mol. The Hall–Kier alpha value is -0.920. The van der Waals surface area contributed by atoms with Crippen molar-refractivity contribution in [1.82, 2.24) is 10.6 Å². The molecule has 0 amide bonds. The molecule has 32 heavy (non-hydrogen) atoms. The minimum atomic E-state index is 0.412. The lowest BCUT2D eigenvalue weighted by Gasteiger charge is -2.64. The maximum atomic E-state index is 4.22. The van der Waals surface area contributed by atoms with Crippen LogP contribution in [0.1, 0.15) is 130 Å². The third-order valence-corrected chi connectivity index (χ3v) is 10.0. The van der Waals surface area contributed by atoms with Crippen LogP contribution in [0.15, 0.2) is 22.5 Å². The lowest BCUT2D eigenvalue weighted by molar-refractivity contribution is -0.0815. The number of allylic oxidation sites excluding steroid dienone is 4. The van der Waals surface area contributed by atoms with Gasteiger partial charge in [0, 0.05) is 34.3 Å². The molecule has 0 aromatic carbocycles. The Balaban J connectivity index is 1.45. The first kappa shape index (κ1) is 22.9. The van der Waals surface area contributed by atoms with Gasteiger partial charge in [0.15, 0.2) is 0 Å². The first-order valence-electron chi connectivity index (χ1n) is 14.3. The SMILES string of the molecule is CC(C)=C(NC1CCCCC1)C12CC3CC(C1)CC(C(NC1CCCCC1)=C(C)C)(C3)C2. The van der Waals surface area contributed by atoms with Crippen molar-refractivity contribution in [1.29, 1.82) is 0 Å². The predicted molar refractivity (Wildman–Crippen MR) is 136 cm³/mol. The summed E-state index contributed by atoms with van der Waals surface area (Å²) < 4.78 is 0. The van der Waals surface area contributed by atoms with E-state index in [0.29, 0.717) is 10.8 Å². The van der Waals surface area contributed by atoms with Crippen molar-refractivity contribution >= 4 is 0 Å². The van der Waals surface area contributed by atoms with Crippen molar-refractivity contribution in [3.05, 3.63) is 22.5 Å². The van der Waals surface area contributed by atoms with Crippen LogP contribution < -0.4 is 10.6 Å². The molecule has 2 N–H and O–H groups in total. The highest BCUT2D eigenvalue weighted by Crippen LogP contribution is 2.69. The van der Waals surface area contributed by atoms with Crippen LogP contribution in [0, 0.1) is 22.7 Å². The minimum Gasteiger partial charge on any atom is -0.385 e. The summed E-state index contributed by atoms with van der Waals surface area (Å²) in [7, 11) is 0. The van der Waals surface area contributed by atoms with Gasteiger partial charge in [0.2, 0.25) is 0 Å². The van der Waals surface area contributed by atoms with Gasteiger partial charge in [-0.15, -0.1) is 0 Å². The summed E-state index contributed by atoms with van der Waals surface area (Å²) >= 11 is 0. The number of hydrogen-bond donors (Lipinski definition) is 2. The van der Waals surface area contributed by atoms with Gasteiger partial charge in [-0.3, -0.25) is 0 Å². The van der Waals surface area contributed by atoms with E-state index in [2.05, 4.69) is 38.3 Å². The van der Waals surface area contributed by atoms with Crippen molar-refractivity contribution in [3.8, 4) is 0 Å². The van der Waals surface area contributed by atoms with Gasteiger partial charge >= 0.3 is 0 Å². The van der Waals surface area contributed by atoms with Crippen LogP contribution in [0.25, 0.3) is 0 Å². The summed E-state index contributed by atoms with van der Waals surface area (Å²) in [5, 5.41) is 8.44. The van der Waals surface area contributed by atoms with E-state index in [9.17, 15) is 0 Å². The zero-order valence-corrected chi connectivity index (χ0v) is 21.6. The molecule has 0 heterocycles. The molecule has 0 saturated heterocycles. The van der Waals surface area contributed by atoms with Crippen LogP contribution >= 0.6 is 0 Å². The maximum absolute atomic E-state index is 4.22. The van der Waals surface area contributed by atoms with E-state index in [1.165, 1.54) is 103 Å². The summed E-state index contributed by atoms with van der Waals surface area (Å²) in [6.45, 7) is 9.61. The van der Waals surface area contributed by atoms with E-state index in [0.717, 1.165) is 23.9 Å². The number of nitrogens with one attached hydrogen (secondary N) is 2. The molecule has 0 radical (unpaired) electrons. The van der Waals surface area contributed by atoms with E-state index >= 15 is 0 Å². The Morgan fingerprint density at radius 1 is 0.562 bits per heavy atom. The predicted octanol–water partition coefficient (Wildman–Crippen LogP) is 8.01. The average Bonchev–Trinajstić information content (AvgIpc) is 2.76. The summed E-state index contributed by atoms with van der Waals surface area (Å²) in [6, 6.07) is 1.45. The molecule has 0 spiro atoms. The quantitative estimate of drug-likeness (QED) is 0.439. The molecule has 6 fully saturated rings. The molecule has 6 rings (SSSR count). The summed E-state index contributed by atoms with van der Waals surface area (Å²) in [4.78, 5) is 0. The second kappa shape index (κ2) is 9.03. The Morgan fingerprint density at radius 3 is 1.28 bits per heavy atom. The van der Waals surface area contributed by atoms with Crippen LogP contribution in [-0.2, 0) is 0 Å². The van der Waals surface area contributed by atoms with E-state index in [4.69, 9.17) is 0 Å². The van der Waals surface area contributed by atoms with E-state index in [1.807, 2.05) is 0 Å². The molecule has 0 aliphatic heterocycles. The average molecular weight is 439 g/mol. The zero-order chi connectivity index (χ0) is 22.3. The van der Waals surface area contributed by atoms with Gasteiger partial charge in [-0.25, -0.2) is 0 Å². The van der Waals surface area contributed by atoms with Crippen LogP contribution in [0.3, 0.4) is 0 Å². The lowest BCUT2D eigenvalue weighted by Crippen LogP contribution is -2.57. The van der Waals surface area contributed by atoms with Gasteiger partial charge in [0.1, 0.15) is 0 Å². The molecular formula is C30H50N2. The van der Waals surface area contributed by atoms with Gasteiger partial charge in [0.25, 0.3) is 0 Å². The van der Waals surface area contributed by atoms with E-state index in [-0.39, 0.29) is 0 Å². The second-order valence-electron chi connectivity index (χ2n) is 13.2. The molecule has 0 unspecified atom stereocenters. The Morgan fingerprint density at radius 2 is 0.938 bits per heavy atom. The van der Waals surface area contributed by atoms with Gasteiger partial charge in [-0.1, -0.05) is 49.7 Å². The molecule has 2 nitrogen and oxygen atoms in total. The third kappa shape index (κ3) is 4.29. The first-order chi connectivity index (χ1) is 15.4. The van der Waals surface area contributed by atoms with Crippen molar-refractivity contribution in [3.63, 3.8) is 0 Å². The summed E-state index contributed by atoms with van der Waals surface area (Å²) in [6.07, 6.45) is 22.8. The normalized spacial score (nSPS) is 37.2. The van der Waals surface area contributed by atoms with Crippen LogP contribution in [-0.4, -0.2) is 12.1 Å². The van der Waals surface area contributed by atoms with Crippen molar-refractivity contribution in [2.75, 3.05) is 0 Å². The second-order valence-corrected chi connectivity index (χ2v) is 13.2. The largest absolute Gasteiger partial charge is 0.385 e. The maximum Gasteiger partial charge on any atom is 0.0258 e. The van der Waals surface area contributed by atoms with Crippen LogP contribution in [0.2, 0.25) is 0 Å². The highest BCUT2D eigenvalue weighted by molar-refractivity contribution is 5.32. The molecule has 6 aliphatic carbocycles. The summed E-state index contributed by atoms with van der Waals surface area (Å²) in [5.74, 6) is 1.86. The van der Waals surface area contributed by atoms with Crippen molar-refractivity contribution in [2.24, 2.45) is 22.7 Å². The summed E-state index contributed by atoms with van der Waals surface area (Å²) in [5.41, 5.74) is 7.35. The Labute approximate surface area is 198 Å². The fourth-order valence-corrected chi connectivity index (χ4v) is 9.41.